The molecule has 1 amide bonds. The summed E-state index contributed by atoms with van der Waals surface area (Å²) < 4.78 is 7.24. The van der Waals surface area contributed by atoms with E-state index in [2.05, 4.69) is 5.32 Å². The van der Waals surface area contributed by atoms with Crippen molar-refractivity contribution in [2.45, 2.75) is 19.4 Å². The zero-order valence-corrected chi connectivity index (χ0v) is 23.8. The lowest BCUT2D eigenvalue weighted by Crippen LogP contribution is -2.26. The van der Waals surface area contributed by atoms with Crippen molar-refractivity contribution < 1.29 is 19.4 Å². The van der Waals surface area contributed by atoms with Crippen LogP contribution in [0.25, 0.3) is 33.5 Å². The minimum atomic E-state index is -0.968. The fourth-order valence-electron chi connectivity index (χ4n) is 4.54. The van der Waals surface area contributed by atoms with Gasteiger partial charge in [-0.3, -0.25) is 14.3 Å². The van der Waals surface area contributed by atoms with E-state index < -0.39 is 5.97 Å². The molecular formula is C31H26Cl2N4O4. The van der Waals surface area contributed by atoms with E-state index in [0.717, 1.165) is 39.2 Å². The lowest BCUT2D eigenvalue weighted by atomic mass is 10.1. The van der Waals surface area contributed by atoms with Gasteiger partial charge in [-0.2, -0.15) is 5.10 Å². The SMILES string of the molecule is COc1ccc2nc(-c3cc(-c4cc(Cl)cc(Cl)c4)nn3C(C)c3ccc(C(=O)NCCC(=O)O)cc3)ccc2c1. The third-order valence-corrected chi connectivity index (χ3v) is 7.14. The summed E-state index contributed by atoms with van der Waals surface area (Å²) in [5, 5.41) is 18.3. The average Bonchev–Trinajstić information content (AvgIpc) is 3.41. The first kappa shape index (κ1) is 28.1. The zero-order valence-electron chi connectivity index (χ0n) is 22.3. The zero-order chi connectivity index (χ0) is 29.1. The van der Waals surface area contributed by atoms with Crippen molar-refractivity contribution in [2.24, 2.45) is 0 Å². The third-order valence-electron chi connectivity index (χ3n) is 6.70. The van der Waals surface area contributed by atoms with Gasteiger partial charge in [0.2, 0.25) is 0 Å². The number of nitrogens with zero attached hydrogens (tertiary/aromatic N) is 3. The van der Waals surface area contributed by atoms with Gasteiger partial charge in [-0.1, -0.05) is 41.4 Å². The standard InChI is InChI=1S/C31H26Cl2N4O4/c1-18(19-3-5-20(6-4-19)31(40)34-12-11-30(38)39)37-29(17-28(36-37)22-13-23(32)16-24(33)14-22)27-9-7-21-15-25(41-2)8-10-26(21)35-27/h3-10,13-18H,11-12H2,1-2H3,(H,34,40)(H,38,39). The van der Waals surface area contributed by atoms with Crippen LogP contribution in [0.2, 0.25) is 10.0 Å². The predicted molar refractivity (Wildman–Crippen MR) is 160 cm³/mol. The topological polar surface area (TPSA) is 106 Å². The van der Waals surface area contributed by atoms with Crippen LogP contribution in [0, 0.1) is 0 Å². The molecule has 1 atom stereocenters. The van der Waals surface area contributed by atoms with Crippen LogP contribution in [0.15, 0.2) is 78.9 Å². The maximum Gasteiger partial charge on any atom is 0.305 e. The molecule has 1 unspecified atom stereocenters. The minimum Gasteiger partial charge on any atom is -0.497 e. The quantitative estimate of drug-likeness (QED) is 0.194. The van der Waals surface area contributed by atoms with Crippen molar-refractivity contribution >= 4 is 46.0 Å². The van der Waals surface area contributed by atoms with Crippen LogP contribution in [-0.2, 0) is 4.79 Å². The lowest BCUT2D eigenvalue weighted by Gasteiger charge is -2.17. The van der Waals surface area contributed by atoms with E-state index in [4.69, 9.17) is 43.1 Å². The molecule has 0 spiro atoms. The van der Waals surface area contributed by atoms with Gasteiger partial charge in [0.25, 0.3) is 5.91 Å². The van der Waals surface area contributed by atoms with Crippen LogP contribution in [-0.4, -0.2) is 45.4 Å². The number of carboxylic acids is 1. The largest absolute Gasteiger partial charge is 0.497 e. The number of hydrogen-bond acceptors (Lipinski definition) is 5. The molecule has 2 N–H and O–H groups in total. The number of carbonyl (C=O) groups excluding carboxylic acids is 1. The highest BCUT2D eigenvalue weighted by molar-refractivity contribution is 6.35. The molecule has 5 rings (SSSR count). The molecule has 5 aromatic rings. The molecule has 41 heavy (non-hydrogen) atoms. The summed E-state index contributed by atoms with van der Waals surface area (Å²) in [6, 6.07) is 23.8. The van der Waals surface area contributed by atoms with Crippen LogP contribution in [0.1, 0.15) is 35.3 Å². The fourth-order valence-corrected chi connectivity index (χ4v) is 5.06. The van der Waals surface area contributed by atoms with Crippen molar-refractivity contribution in [2.75, 3.05) is 13.7 Å². The Labute approximate surface area is 246 Å². The van der Waals surface area contributed by atoms with E-state index in [-0.39, 0.29) is 24.9 Å². The monoisotopic (exact) mass is 588 g/mol. The third kappa shape index (κ3) is 6.34. The highest BCUT2D eigenvalue weighted by Crippen LogP contribution is 2.33. The normalized spacial score (nSPS) is 11.8. The van der Waals surface area contributed by atoms with Gasteiger partial charge in [0.05, 0.1) is 42.2 Å². The number of aliphatic carboxylic acids is 1. The molecule has 0 aliphatic carbocycles. The van der Waals surface area contributed by atoms with Crippen LogP contribution < -0.4 is 10.1 Å². The van der Waals surface area contributed by atoms with E-state index in [0.29, 0.717) is 21.3 Å². The average molecular weight is 589 g/mol. The number of benzene rings is 3. The maximum absolute atomic E-state index is 12.4. The summed E-state index contributed by atoms with van der Waals surface area (Å²) in [6.45, 7) is 2.07. The van der Waals surface area contributed by atoms with Gasteiger partial charge < -0.3 is 15.2 Å². The van der Waals surface area contributed by atoms with Gasteiger partial charge in [0.1, 0.15) is 5.75 Å². The van der Waals surface area contributed by atoms with Crippen LogP contribution in [0.3, 0.4) is 0 Å². The van der Waals surface area contributed by atoms with Gasteiger partial charge in [-0.25, -0.2) is 4.98 Å². The molecule has 3 aromatic carbocycles. The summed E-state index contributed by atoms with van der Waals surface area (Å²) in [7, 11) is 1.63. The number of rotatable bonds is 9. The second kappa shape index (κ2) is 12.0. The molecule has 10 heteroatoms. The first-order valence-electron chi connectivity index (χ1n) is 12.8. The van der Waals surface area contributed by atoms with Crippen LogP contribution in [0.5, 0.6) is 5.75 Å². The highest BCUT2D eigenvalue weighted by atomic mass is 35.5. The molecule has 2 heterocycles. The first-order valence-corrected chi connectivity index (χ1v) is 13.6. The summed E-state index contributed by atoms with van der Waals surface area (Å²) in [5.74, 6) is -0.545. The first-order chi connectivity index (χ1) is 19.7. The number of nitrogens with one attached hydrogen (secondary N) is 1. The Balaban J connectivity index is 1.53. The molecule has 8 nitrogen and oxygen atoms in total. The van der Waals surface area contributed by atoms with Crippen molar-refractivity contribution in [3.63, 3.8) is 0 Å². The second-order valence-corrected chi connectivity index (χ2v) is 10.3. The van der Waals surface area contributed by atoms with Gasteiger partial charge in [-0.15, -0.1) is 0 Å². The van der Waals surface area contributed by atoms with Crippen molar-refractivity contribution in [3.05, 3.63) is 100 Å². The Morgan fingerprint density at radius 2 is 1.68 bits per heavy atom. The number of carboxylic acid groups (broad SMARTS) is 1. The van der Waals surface area contributed by atoms with E-state index in [9.17, 15) is 9.59 Å². The number of amides is 1. The number of hydrogen-bond donors (Lipinski definition) is 2. The second-order valence-electron chi connectivity index (χ2n) is 9.47. The summed E-state index contributed by atoms with van der Waals surface area (Å²) >= 11 is 12.6. The van der Waals surface area contributed by atoms with Gasteiger partial charge >= 0.3 is 5.97 Å². The summed E-state index contributed by atoms with van der Waals surface area (Å²) in [6.07, 6.45) is -0.139. The van der Waals surface area contributed by atoms with E-state index in [1.165, 1.54) is 0 Å². The Kier molecular flexibility index (Phi) is 8.23. The molecule has 2 aromatic heterocycles. The lowest BCUT2D eigenvalue weighted by molar-refractivity contribution is -0.136. The number of carbonyl (C=O) groups is 2. The minimum absolute atomic E-state index is 0.0603. The molecule has 0 radical (unpaired) electrons. The van der Waals surface area contributed by atoms with Crippen LogP contribution in [0.4, 0.5) is 0 Å². The number of aromatic nitrogens is 3. The van der Waals surface area contributed by atoms with E-state index in [1.54, 1.807) is 25.3 Å². The van der Waals surface area contributed by atoms with E-state index in [1.807, 2.05) is 72.3 Å². The molecular weight excluding hydrogens is 563 g/mol. The number of fused-ring (bicyclic) bond motifs is 1. The summed E-state index contributed by atoms with van der Waals surface area (Å²) in [4.78, 5) is 28.1. The Morgan fingerprint density at radius 3 is 2.37 bits per heavy atom. The van der Waals surface area contributed by atoms with Crippen molar-refractivity contribution in [1.29, 1.82) is 0 Å². The Morgan fingerprint density at radius 1 is 0.951 bits per heavy atom. The number of methoxy groups -OCH3 is 1. The predicted octanol–water partition coefficient (Wildman–Crippen LogP) is 6.89. The van der Waals surface area contributed by atoms with Gasteiger partial charge in [-0.05, 0) is 73.2 Å². The van der Waals surface area contributed by atoms with E-state index >= 15 is 0 Å². The molecule has 0 aliphatic rings. The molecule has 208 valence electrons. The fraction of sp³-hybridized carbons (Fsp3) is 0.161. The smallest absolute Gasteiger partial charge is 0.305 e. The van der Waals surface area contributed by atoms with Crippen LogP contribution >= 0.6 is 23.2 Å². The Hall–Kier alpha value is -4.40. The van der Waals surface area contributed by atoms with Gasteiger partial charge in [0.15, 0.2) is 0 Å². The number of pyridine rings is 1. The Bertz CT molecular complexity index is 1730. The van der Waals surface area contributed by atoms with Crippen molar-refractivity contribution in [3.8, 4) is 28.4 Å². The molecule has 0 aliphatic heterocycles. The molecule has 0 bridgehead atoms. The molecule has 0 fully saturated rings. The molecule has 0 saturated carbocycles. The van der Waals surface area contributed by atoms with Crippen molar-refractivity contribution in [1.82, 2.24) is 20.1 Å². The highest BCUT2D eigenvalue weighted by Gasteiger charge is 2.20. The van der Waals surface area contributed by atoms with Gasteiger partial charge in [0, 0.05) is 33.1 Å². The maximum atomic E-state index is 12.4. The number of ether oxygens (including phenoxy) is 1. The number of halogens is 2. The summed E-state index contributed by atoms with van der Waals surface area (Å²) in [5.41, 5.74) is 5.14. The molecule has 0 saturated heterocycles.